The summed E-state index contributed by atoms with van der Waals surface area (Å²) in [7, 11) is 1.59. The van der Waals surface area contributed by atoms with Crippen LogP contribution in [0.5, 0.6) is 5.75 Å². The van der Waals surface area contributed by atoms with Crippen molar-refractivity contribution < 1.29 is 9.53 Å². The van der Waals surface area contributed by atoms with E-state index in [1.807, 2.05) is 59.5 Å². The van der Waals surface area contributed by atoms with Crippen molar-refractivity contribution in [2.75, 3.05) is 33.3 Å². The number of ether oxygens (including phenoxy) is 1. The van der Waals surface area contributed by atoms with Crippen molar-refractivity contribution in [2.24, 2.45) is 0 Å². The van der Waals surface area contributed by atoms with Crippen LogP contribution in [0, 0.1) is 0 Å². The molecule has 1 N–H and O–H groups in total. The van der Waals surface area contributed by atoms with Crippen molar-refractivity contribution in [3.05, 3.63) is 72.6 Å². The lowest BCUT2D eigenvalue weighted by Gasteiger charge is -2.40. The predicted octanol–water partition coefficient (Wildman–Crippen LogP) is 3.26. The molecule has 0 spiro atoms. The van der Waals surface area contributed by atoms with E-state index in [0.717, 1.165) is 29.9 Å². The fourth-order valence-corrected chi connectivity index (χ4v) is 3.77. The maximum atomic E-state index is 13.2. The van der Waals surface area contributed by atoms with Gasteiger partial charge in [-0.3, -0.25) is 9.69 Å². The van der Waals surface area contributed by atoms with E-state index in [4.69, 9.17) is 9.72 Å². The average Bonchev–Trinajstić information content (AvgIpc) is 3.18. The number of nitrogens with one attached hydrogen (secondary N) is 1. The molecule has 28 heavy (non-hydrogen) atoms. The number of benzene rings is 2. The zero-order valence-electron chi connectivity index (χ0n) is 16.0. The van der Waals surface area contributed by atoms with E-state index in [1.165, 1.54) is 0 Å². The molecule has 0 bridgehead atoms. The highest BCUT2D eigenvalue weighted by molar-refractivity contribution is 5.97. The Morgan fingerprint density at radius 3 is 2.82 bits per heavy atom. The standard InChI is InChI=1S/C22H24N4O2/c1-3-12-25-13-14-26(22(27)16-8-4-7-11-20(16)28-2)15-19(25)21-23-17-9-5-6-10-18(17)24-21/h3-11,19H,1,12-15H2,2H3,(H,23,24). The minimum Gasteiger partial charge on any atom is -0.496 e. The normalized spacial score (nSPS) is 17.6. The molecule has 0 radical (unpaired) electrons. The summed E-state index contributed by atoms with van der Waals surface area (Å²) >= 11 is 0. The number of imidazole rings is 1. The van der Waals surface area contributed by atoms with Crippen LogP contribution >= 0.6 is 0 Å². The van der Waals surface area contributed by atoms with E-state index >= 15 is 0 Å². The Morgan fingerprint density at radius 1 is 1.25 bits per heavy atom. The summed E-state index contributed by atoms with van der Waals surface area (Å²) in [6.07, 6.45) is 1.90. The molecule has 6 heteroatoms. The highest BCUT2D eigenvalue weighted by atomic mass is 16.5. The van der Waals surface area contributed by atoms with Gasteiger partial charge in [-0.2, -0.15) is 0 Å². The van der Waals surface area contributed by atoms with Gasteiger partial charge in [0.2, 0.25) is 0 Å². The molecular weight excluding hydrogens is 352 g/mol. The second-order valence-corrected chi connectivity index (χ2v) is 6.89. The van der Waals surface area contributed by atoms with Gasteiger partial charge in [-0.05, 0) is 24.3 Å². The number of para-hydroxylation sites is 3. The van der Waals surface area contributed by atoms with Crippen LogP contribution in [-0.4, -0.2) is 59.0 Å². The van der Waals surface area contributed by atoms with Gasteiger partial charge < -0.3 is 14.6 Å². The highest BCUT2D eigenvalue weighted by Crippen LogP contribution is 2.28. The number of methoxy groups -OCH3 is 1. The number of amides is 1. The van der Waals surface area contributed by atoms with Gasteiger partial charge in [-0.25, -0.2) is 4.98 Å². The monoisotopic (exact) mass is 376 g/mol. The number of hydrogen-bond acceptors (Lipinski definition) is 4. The van der Waals surface area contributed by atoms with Crippen LogP contribution in [0.1, 0.15) is 22.2 Å². The van der Waals surface area contributed by atoms with Crippen molar-refractivity contribution >= 4 is 16.9 Å². The largest absolute Gasteiger partial charge is 0.496 e. The van der Waals surface area contributed by atoms with Crippen molar-refractivity contribution in [3.8, 4) is 5.75 Å². The first-order valence-corrected chi connectivity index (χ1v) is 9.43. The lowest BCUT2D eigenvalue weighted by atomic mass is 10.1. The van der Waals surface area contributed by atoms with Gasteiger partial charge in [-0.15, -0.1) is 6.58 Å². The predicted molar refractivity (Wildman–Crippen MR) is 110 cm³/mol. The third-order valence-electron chi connectivity index (χ3n) is 5.20. The van der Waals surface area contributed by atoms with Crippen LogP contribution in [-0.2, 0) is 0 Å². The third-order valence-corrected chi connectivity index (χ3v) is 5.20. The minimum atomic E-state index is -0.0168. The zero-order chi connectivity index (χ0) is 19.5. The Kier molecular flexibility index (Phi) is 5.12. The van der Waals surface area contributed by atoms with Gasteiger partial charge >= 0.3 is 0 Å². The Balaban J connectivity index is 1.63. The van der Waals surface area contributed by atoms with Crippen molar-refractivity contribution in [2.45, 2.75) is 6.04 Å². The summed E-state index contributed by atoms with van der Waals surface area (Å²) < 4.78 is 5.38. The van der Waals surface area contributed by atoms with Gasteiger partial charge in [0.1, 0.15) is 11.6 Å². The maximum Gasteiger partial charge on any atom is 0.257 e. The number of aromatic amines is 1. The van der Waals surface area contributed by atoms with Gasteiger partial charge in [0.05, 0.1) is 29.7 Å². The summed E-state index contributed by atoms with van der Waals surface area (Å²) in [6.45, 7) is 6.60. The van der Waals surface area contributed by atoms with Crippen LogP contribution in [0.25, 0.3) is 11.0 Å². The molecule has 144 valence electrons. The van der Waals surface area contributed by atoms with Crippen LogP contribution < -0.4 is 4.74 Å². The van der Waals surface area contributed by atoms with E-state index in [2.05, 4.69) is 16.5 Å². The second-order valence-electron chi connectivity index (χ2n) is 6.89. The van der Waals surface area contributed by atoms with Crippen LogP contribution in [0.3, 0.4) is 0 Å². The van der Waals surface area contributed by atoms with E-state index in [0.29, 0.717) is 24.4 Å². The molecule has 3 aromatic rings. The summed E-state index contributed by atoms with van der Waals surface area (Å²) in [5.41, 5.74) is 2.53. The molecule has 1 fully saturated rings. The van der Waals surface area contributed by atoms with Crippen molar-refractivity contribution in [3.63, 3.8) is 0 Å². The number of hydrogen-bond donors (Lipinski definition) is 1. The molecule has 1 aliphatic rings. The topological polar surface area (TPSA) is 61.5 Å². The number of nitrogens with zero attached hydrogens (tertiary/aromatic N) is 3. The Bertz CT molecular complexity index is 964. The first-order chi connectivity index (χ1) is 13.7. The molecule has 6 nitrogen and oxygen atoms in total. The quantitative estimate of drug-likeness (QED) is 0.695. The van der Waals surface area contributed by atoms with Crippen LogP contribution in [0.4, 0.5) is 0 Å². The van der Waals surface area contributed by atoms with Crippen LogP contribution in [0.2, 0.25) is 0 Å². The van der Waals surface area contributed by atoms with Gasteiger partial charge in [-0.1, -0.05) is 30.3 Å². The summed E-state index contributed by atoms with van der Waals surface area (Å²) in [4.78, 5) is 25.6. The van der Waals surface area contributed by atoms with E-state index in [-0.39, 0.29) is 11.9 Å². The van der Waals surface area contributed by atoms with Gasteiger partial charge in [0, 0.05) is 26.2 Å². The zero-order valence-corrected chi connectivity index (χ0v) is 16.0. The van der Waals surface area contributed by atoms with Gasteiger partial charge in [0.15, 0.2) is 0 Å². The first kappa shape index (κ1) is 18.3. The molecule has 1 aromatic heterocycles. The van der Waals surface area contributed by atoms with E-state index in [9.17, 15) is 4.79 Å². The maximum absolute atomic E-state index is 13.2. The number of rotatable bonds is 5. The SMILES string of the molecule is C=CCN1CCN(C(=O)c2ccccc2OC)CC1c1nc2ccccc2[nH]1. The Hall–Kier alpha value is -3.12. The molecule has 1 atom stereocenters. The molecular formula is C22H24N4O2. The lowest BCUT2D eigenvalue weighted by Crippen LogP contribution is -2.50. The smallest absolute Gasteiger partial charge is 0.257 e. The lowest BCUT2D eigenvalue weighted by molar-refractivity contribution is 0.0495. The summed E-state index contributed by atoms with van der Waals surface area (Å²) in [5, 5.41) is 0. The van der Waals surface area contributed by atoms with Crippen LogP contribution in [0.15, 0.2) is 61.2 Å². The number of H-pyrrole nitrogens is 1. The highest BCUT2D eigenvalue weighted by Gasteiger charge is 2.33. The average molecular weight is 376 g/mol. The Morgan fingerprint density at radius 2 is 2.04 bits per heavy atom. The minimum absolute atomic E-state index is 0.0159. The molecule has 1 unspecified atom stereocenters. The number of piperazine rings is 1. The van der Waals surface area contributed by atoms with Crippen molar-refractivity contribution in [1.82, 2.24) is 19.8 Å². The molecule has 1 amide bonds. The molecule has 2 aromatic carbocycles. The Labute approximate surface area is 164 Å². The first-order valence-electron chi connectivity index (χ1n) is 9.43. The number of carbonyl (C=O) groups excluding carboxylic acids is 1. The number of aromatic nitrogens is 2. The molecule has 2 heterocycles. The van der Waals surface area contributed by atoms with Crippen molar-refractivity contribution in [1.29, 1.82) is 0 Å². The number of carbonyl (C=O) groups is 1. The second kappa shape index (κ2) is 7.86. The van der Waals surface area contributed by atoms with E-state index in [1.54, 1.807) is 7.11 Å². The molecule has 0 aliphatic carbocycles. The molecule has 4 rings (SSSR count). The number of fused-ring (bicyclic) bond motifs is 1. The summed E-state index contributed by atoms with van der Waals surface area (Å²) in [6, 6.07) is 15.3. The summed E-state index contributed by atoms with van der Waals surface area (Å²) in [5.74, 6) is 1.46. The fraction of sp³-hybridized carbons (Fsp3) is 0.273. The molecule has 1 aliphatic heterocycles. The fourth-order valence-electron chi connectivity index (χ4n) is 3.77. The molecule has 1 saturated heterocycles. The third kappa shape index (κ3) is 3.39. The van der Waals surface area contributed by atoms with Gasteiger partial charge in [0.25, 0.3) is 5.91 Å². The van der Waals surface area contributed by atoms with E-state index < -0.39 is 0 Å². The molecule has 0 saturated carbocycles.